The Hall–Kier alpha value is -1.89. The molecule has 0 amide bonds. The lowest BCUT2D eigenvalue weighted by atomic mass is 9.96. The number of benzene rings is 1. The topological polar surface area (TPSA) is 56.8 Å². The molecule has 122 valence electrons. The fourth-order valence-electron chi connectivity index (χ4n) is 2.55. The van der Waals surface area contributed by atoms with E-state index in [4.69, 9.17) is 9.47 Å². The molecule has 1 N–H and O–H groups in total. The van der Waals surface area contributed by atoms with Crippen LogP contribution in [0.4, 0.5) is 8.78 Å². The molecule has 0 saturated carbocycles. The van der Waals surface area contributed by atoms with Gasteiger partial charge in [0.05, 0.1) is 13.7 Å². The third-order valence-corrected chi connectivity index (χ3v) is 3.57. The third kappa shape index (κ3) is 3.85. The highest BCUT2D eigenvalue weighted by Gasteiger charge is 2.31. The summed E-state index contributed by atoms with van der Waals surface area (Å²) in [6.07, 6.45) is 0.591. The van der Waals surface area contributed by atoms with Crippen molar-refractivity contribution in [1.82, 2.24) is 5.32 Å². The Labute approximate surface area is 127 Å². The number of halogens is 2. The molecule has 1 heterocycles. The van der Waals surface area contributed by atoms with Crippen molar-refractivity contribution in [2.24, 2.45) is 0 Å². The van der Waals surface area contributed by atoms with Gasteiger partial charge in [-0.3, -0.25) is 4.79 Å². The lowest BCUT2D eigenvalue weighted by molar-refractivity contribution is -0.142. The molecular formula is C15H19F2NO4. The minimum atomic E-state index is -2.90. The quantitative estimate of drug-likeness (QED) is 0.816. The molecule has 2 rings (SSSR count). The van der Waals surface area contributed by atoms with E-state index in [1.54, 1.807) is 19.1 Å². The molecule has 1 aliphatic heterocycles. The Balaban J connectivity index is 2.15. The first kappa shape index (κ1) is 16.5. The SMILES string of the molecule is CCOc1cc(C2CNC(C(=O)OC)C2)ccc1OC(F)F. The number of hydrogen-bond acceptors (Lipinski definition) is 5. The summed E-state index contributed by atoms with van der Waals surface area (Å²) in [5.74, 6) is 0.0759. The summed E-state index contributed by atoms with van der Waals surface area (Å²) >= 11 is 0. The number of carbonyl (C=O) groups is 1. The normalized spacial score (nSPS) is 21.0. The predicted octanol–water partition coefficient (Wildman–Crippen LogP) is 2.31. The lowest BCUT2D eigenvalue weighted by Gasteiger charge is -2.15. The maximum absolute atomic E-state index is 12.4. The molecule has 1 aromatic carbocycles. The second-order valence-corrected chi connectivity index (χ2v) is 4.93. The van der Waals surface area contributed by atoms with Crippen LogP contribution in [0.5, 0.6) is 11.5 Å². The molecule has 1 aromatic rings. The van der Waals surface area contributed by atoms with Gasteiger partial charge in [-0.2, -0.15) is 8.78 Å². The number of alkyl halides is 2. The average molecular weight is 315 g/mol. The van der Waals surface area contributed by atoms with Crippen LogP contribution in [0.1, 0.15) is 24.8 Å². The van der Waals surface area contributed by atoms with Gasteiger partial charge < -0.3 is 19.5 Å². The summed E-state index contributed by atoms with van der Waals surface area (Å²) < 4.78 is 39.3. The monoisotopic (exact) mass is 315 g/mol. The molecule has 2 unspecified atom stereocenters. The van der Waals surface area contributed by atoms with E-state index in [-0.39, 0.29) is 29.4 Å². The summed E-state index contributed by atoms with van der Waals surface area (Å²) in [5, 5.41) is 3.09. The van der Waals surface area contributed by atoms with Gasteiger partial charge in [-0.25, -0.2) is 0 Å². The van der Waals surface area contributed by atoms with Crippen molar-refractivity contribution in [3.05, 3.63) is 23.8 Å². The van der Waals surface area contributed by atoms with E-state index in [2.05, 4.69) is 10.1 Å². The van der Waals surface area contributed by atoms with Gasteiger partial charge in [-0.15, -0.1) is 0 Å². The zero-order valence-corrected chi connectivity index (χ0v) is 12.5. The van der Waals surface area contributed by atoms with Crippen molar-refractivity contribution in [2.75, 3.05) is 20.3 Å². The van der Waals surface area contributed by atoms with Crippen LogP contribution in [0.2, 0.25) is 0 Å². The second kappa shape index (κ2) is 7.40. The second-order valence-electron chi connectivity index (χ2n) is 4.93. The van der Waals surface area contributed by atoms with Crippen LogP contribution in [0.3, 0.4) is 0 Å². The van der Waals surface area contributed by atoms with E-state index in [1.807, 2.05) is 0 Å². The Morgan fingerprint density at radius 3 is 2.82 bits per heavy atom. The van der Waals surface area contributed by atoms with Crippen molar-refractivity contribution in [2.45, 2.75) is 31.9 Å². The zero-order valence-electron chi connectivity index (χ0n) is 12.5. The molecule has 0 bridgehead atoms. The van der Waals surface area contributed by atoms with Gasteiger partial charge in [0.25, 0.3) is 0 Å². The van der Waals surface area contributed by atoms with Crippen LogP contribution in [-0.2, 0) is 9.53 Å². The van der Waals surface area contributed by atoms with Crippen LogP contribution in [0, 0.1) is 0 Å². The first-order valence-electron chi connectivity index (χ1n) is 7.08. The highest BCUT2D eigenvalue weighted by atomic mass is 19.3. The molecule has 5 nitrogen and oxygen atoms in total. The molecule has 1 saturated heterocycles. The number of methoxy groups -OCH3 is 1. The van der Waals surface area contributed by atoms with E-state index in [9.17, 15) is 13.6 Å². The van der Waals surface area contributed by atoms with E-state index < -0.39 is 6.61 Å². The molecule has 7 heteroatoms. The van der Waals surface area contributed by atoms with Crippen LogP contribution in [-0.4, -0.2) is 38.9 Å². The number of carbonyl (C=O) groups excluding carboxylic acids is 1. The van der Waals surface area contributed by atoms with Crippen LogP contribution in [0.25, 0.3) is 0 Å². The molecule has 1 aliphatic rings. The van der Waals surface area contributed by atoms with Crippen molar-refractivity contribution in [3.8, 4) is 11.5 Å². The van der Waals surface area contributed by atoms with E-state index in [0.29, 0.717) is 19.6 Å². The number of ether oxygens (including phenoxy) is 3. The van der Waals surface area contributed by atoms with Gasteiger partial charge in [0, 0.05) is 6.54 Å². The Bertz CT molecular complexity index is 524. The number of esters is 1. The smallest absolute Gasteiger partial charge is 0.387 e. The highest BCUT2D eigenvalue weighted by molar-refractivity contribution is 5.76. The summed E-state index contributed by atoms with van der Waals surface area (Å²) in [6, 6.07) is 4.53. The average Bonchev–Trinajstić information content (AvgIpc) is 2.98. The first-order valence-corrected chi connectivity index (χ1v) is 7.08. The standard InChI is InChI=1S/C15H19F2NO4/c1-3-21-13-7-9(4-5-12(13)22-15(16)17)10-6-11(18-8-10)14(19)20-2/h4-5,7,10-11,15,18H,3,6,8H2,1-2H3. The van der Waals surface area contributed by atoms with E-state index in [0.717, 1.165) is 5.56 Å². The van der Waals surface area contributed by atoms with E-state index >= 15 is 0 Å². The van der Waals surface area contributed by atoms with Crippen LogP contribution in [0.15, 0.2) is 18.2 Å². The van der Waals surface area contributed by atoms with Crippen molar-refractivity contribution in [1.29, 1.82) is 0 Å². The van der Waals surface area contributed by atoms with Crippen molar-refractivity contribution in [3.63, 3.8) is 0 Å². The molecule has 1 fully saturated rings. The van der Waals surface area contributed by atoms with E-state index in [1.165, 1.54) is 13.2 Å². The minimum Gasteiger partial charge on any atom is -0.490 e. The zero-order chi connectivity index (χ0) is 16.1. The number of nitrogens with one attached hydrogen (secondary N) is 1. The number of rotatable bonds is 6. The fourth-order valence-corrected chi connectivity index (χ4v) is 2.55. The van der Waals surface area contributed by atoms with Gasteiger partial charge in [-0.05, 0) is 37.0 Å². The summed E-state index contributed by atoms with van der Waals surface area (Å²) in [5.41, 5.74) is 0.906. The molecule has 0 spiro atoms. The van der Waals surface area contributed by atoms with Gasteiger partial charge >= 0.3 is 12.6 Å². The summed E-state index contributed by atoms with van der Waals surface area (Å²) in [6.45, 7) is -0.178. The largest absolute Gasteiger partial charge is 0.490 e. The Morgan fingerprint density at radius 1 is 1.41 bits per heavy atom. The van der Waals surface area contributed by atoms with Gasteiger partial charge in [0.15, 0.2) is 11.5 Å². The third-order valence-electron chi connectivity index (χ3n) is 3.57. The Morgan fingerprint density at radius 2 is 2.18 bits per heavy atom. The highest BCUT2D eigenvalue weighted by Crippen LogP contribution is 2.35. The Kier molecular flexibility index (Phi) is 5.54. The van der Waals surface area contributed by atoms with Gasteiger partial charge in [0.2, 0.25) is 0 Å². The fraction of sp³-hybridized carbons (Fsp3) is 0.533. The molecule has 0 aromatic heterocycles. The molecule has 2 atom stereocenters. The predicted molar refractivity (Wildman–Crippen MR) is 75.4 cm³/mol. The van der Waals surface area contributed by atoms with Crippen LogP contribution >= 0.6 is 0 Å². The lowest BCUT2D eigenvalue weighted by Crippen LogP contribution is -2.31. The van der Waals surface area contributed by atoms with Gasteiger partial charge in [-0.1, -0.05) is 6.07 Å². The first-order chi connectivity index (χ1) is 10.5. The summed E-state index contributed by atoms with van der Waals surface area (Å²) in [7, 11) is 1.35. The maximum Gasteiger partial charge on any atom is 0.387 e. The molecule has 0 aliphatic carbocycles. The summed E-state index contributed by atoms with van der Waals surface area (Å²) in [4.78, 5) is 11.5. The molecule has 0 radical (unpaired) electrons. The minimum absolute atomic E-state index is 0.0103. The van der Waals surface area contributed by atoms with Crippen LogP contribution < -0.4 is 14.8 Å². The maximum atomic E-state index is 12.4. The van der Waals surface area contributed by atoms with Crippen molar-refractivity contribution >= 4 is 5.97 Å². The van der Waals surface area contributed by atoms with Crippen molar-refractivity contribution < 1.29 is 27.8 Å². The molecule has 22 heavy (non-hydrogen) atoms. The number of hydrogen-bond donors (Lipinski definition) is 1. The van der Waals surface area contributed by atoms with Gasteiger partial charge in [0.1, 0.15) is 6.04 Å². The molecular weight excluding hydrogens is 296 g/mol.